The summed E-state index contributed by atoms with van der Waals surface area (Å²) >= 11 is 0. The summed E-state index contributed by atoms with van der Waals surface area (Å²) in [5, 5.41) is 6.47. The monoisotopic (exact) mass is 388 g/mol. The molecule has 3 aromatic rings. The van der Waals surface area contributed by atoms with E-state index in [4.69, 9.17) is 0 Å². The number of carbonyl (C=O) groups is 2. The lowest BCUT2D eigenvalue weighted by Gasteiger charge is -2.09. The molecule has 29 heavy (non-hydrogen) atoms. The summed E-state index contributed by atoms with van der Waals surface area (Å²) in [5.74, 6) is -1.47. The Labute approximate surface area is 166 Å². The van der Waals surface area contributed by atoms with E-state index in [0.717, 1.165) is 5.56 Å². The maximum Gasteiger partial charge on any atom is 0.287 e. The van der Waals surface area contributed by atoms with Crippen molar-refractivity contribution in [3.63, 3.8) is 0 Å². The average Bonchev–Trinajstić information content (AvgIpc) is 2.76. The highest BCUT2D eigenvalue weighted by atomic mass is 19.1. The van der Waals surface area contributed by atoms with Crippen LogP contribution >= 0.6 is 0 Å². The number of nitrogens with zero attached hydrogens (tertiary/aromatic N) is 2. The predicted molar refractivity (Wildman–Crippen MR) is 108 cm³/mol. The number of hydrogen-bond acceptors (Lipinski definition) is 4. The van der Waals surface area contributed by atoms with E-state index in [0.29, 0.717) is 11.1 Å². The number of hydrazone groups is 1. The van der Waals surface area contributed by atoms with E-state index in [-0.39, 0.29) is 5.70 Å². The van der Waals surface area contributed by atoms with Crippen molar-refractivity contribution in [2.45, 2.75) is 0 Å². The summed E-state index contributed by atoms with van der Waals surface area (Å²) in [6.45, 7) is 0. The molecule has 2 N–H and O–H groups in total. The van der Waals surface area contributed by atoms with Crippen molar-refractivity contribution in [3.8, 4) is 0 Å². The summed E-state index contributed by atoms with van der Waals surface area (Å²) in [4.78, 5) is 28.9. The van der Waals surface area contributed by atoms with Gasteiger partial charge in [-0.05, 0) is 53.6 Å². The van der Waals surface area contributed by atoms with Gasteiger partial charge >= 0.3 is 0 Å². The van der Waals surface area contributed by atoms with Crippen LogP contribution in [0.25, 0.3) is 6.08 Å². The molecular formula is C22H17FN4O2. The zero-order valence-corrected chi connectivity index (χ0v) is 15.2. The fourth-order valence-corrected chi connectivity index (χ4v) is 2.34. The Morgan fingerprint density at radius 3 is 2.28 bits per heavy atom. The Morgan fingerprint density at radius 1 is 0.897 bits per heavy atom. The van der Waals surface area contributed by atoms with Crippen molar-refractivity contribution in [1.29, 1.82) is 0 Å². The zero-order chi connectivity index (χ0) is 20.5. The largest absolute Gasteiger partial charge is 0.317 e. The molecule has 0 radical (unpaired) electrons. The van der Waals surface area contributed by atoms with Crippen molar-refractivity contribution in [2.24, 2.45) is 5.10 Å². The molecule has 0 bridgehead atoms. The third-order valence-electron chi connectivity index (χ3n) is 3.80. The Kier molecular flexibility index (Phi) is 6.57. The fourth-order valence-electron chi connectivity index (χ4n) is 2.34. The SMILES string of the molecule is O=C(N/N=C/c1ccncc1)/C(=C/c1ccc(F)cc1)NC(=O)c1ccccc1. The number of amides is 2. The molecule has 0 unspecified atom stereocenters. The van der Waals surface area contributed by atoms with Crippen LogP contribution in [0, 0.1) is 5.82 Å². The minimum Gasteiger partial charge on any atom is -0.317 e. The number of hydrogen-bond donors (Lipinski definition) is 2. The second-order valence-electron chi connectivity index (χ2n) is 5.91. The lowest BCUT2D eigenvalue weighted by Crippen LogP contribution is -2.32. The highest BCUT2D eigenvalue weighted by Crippen LogP contribution is 2.09. The molecule has 0 aliphatic rings. The maximum absolute atomic E-state index is 13.1. The van der Waals surface area contributed by atoms with Crippen molar-refractivity contribution < 1.29 is 14.0 Å². The first kappa shape index (κ1) is 19.6. The van der Waals surface area contributed by atoms with Crippen molar-refractivity contribution in [2.75, 3.05) is 0 Å². The van der Waals surface area contributed by atoms with Crippen LogP contribution in [-0.4, -0.2) is 23.0 Å². The molecule has 7 heteroatoms. The van der Waals surface area contributed by atoms with E-state index in [9.17, 15) is 14.0 Å². The van der Waals surface area contributed by atoms with Gasteiger partial charge in [0.05, 0.1) is 6.21 Å². The number of nitrogens with one attached hydrogen (secondary N) is 2. The first-order chi connectivity index (χ1) is 14.1. The van der Waals surface area contributed by atoms with Crippen LogP contribution in [0.15, 0.2) is 89.9 Å². The van der Waals surface area contributed by atoms with Crippen LogP contribution in [0.1, 0.15) is 21.5 Å². The van der Waals surface area contributed by atoms with Crippen LogP contribution in [0.5, 0.6) is 0 Å². The third kappa shape index (κ3) is 5.93. The molecule has 1 aromatic heterocycles. The second-order valence-corrected chi connectivity index (χ2v) is 5.91. The lowest BCUT2D eigenvalue weighted by molar-refractivity contribution is -0.117. The minimum atomic E-state index is -0.621. The maximum atomic E-state index is 13.1. The molecular weight excluding hydrogens is 371 g/mol. The van der Waals surface area contributed by atoms with Gasteiger partial charge in [-0.1, -0.05) is 30.3 Å². The summed E-state index contributed by atoms with van der Waals surface area (Å²) < 4.78 is 13.1. The summed E-state index contributed by atoms with van der Waals surface area (Å²) in [6.07, 6.45) is 6.10. The van der Waals surface area contributed by atoms with Crippen LogP contribution in [0.2, 0.25) is 0 Å². The summed E-state index contributed by atoms with van der Waals surface area (Å²) in [6, 6.07) is 17.5. The Hall–Kier alpha value is -4.13. The molecule has 2 aromatic carbocycles. The molecule has 0 saturated heterocycles. The van der Waals surface area contributed by atoms with Crippen LogP contribution in [0.3, 0.4) is 0 Å². The number of halogens is 1. The number of aromatic nitrogens is 1. The lowest BCUT2D eigenvalue weighted by atomic mass is 10.1. The van der Waals surface area contributed by atoms with Crippen molar-refractivity contribution in [3.05, 3.63) is 107 Å². The fraction of sp³-hybridized carbons (Fsp3) is 0. The van der Waals surface area contributed by atoms with Gasteiger partial charge in [0.2, 0.25) is 0 Å². The van der Waals surface area contributed by atoms with Crippen LogP contribution in [-0.2, 0) is 4.79 Å². The molecule has 0 atom stereocenters. The molecule has 3 rings (SSSR count). The molecule has 2 amide bonds. The van der Waals surface area contributed by atoms with E-state index < -0.39 is 17.6 Å². The molecule has 0 fully saturated rings. The van der Waals surface area contributed by atoms with Gasteiger partial charge in [0.15, 0.2) is 0 Å². The van der Waals surface area contributed by atoms with Crippen LogP contribution in [0.4, 0.5) is 4.39 Å². The first-order valence-corrected chi connectivity index (χ1v) is 8.69. The van der Waals surface area contributed by atoms with E-state index in [1.165, 1.54) is 36.6 Å². The van der Waals surface area contributed by atoms with Gasteiger partial charge in [-0.25, -0.2) is 9.82 Å². The van der Waals surface area contributed by atoms with Crippen molar-refractivity contribution >= 4 is 24.1 Å². The quantitative estimate of drug-likeness (QED) is 0.387. The Bertz CT molecular complexity index is 1030. The van der Waals surface area contributed by atoms with Crippen LogP contribution < -0.4 is 10.7 Å². The zero-order valence-electron chi connectivity index (χ0n) is 15.2. The minimum absolute atomic E-state index is 0.0302. The van der Waals surface area contributed by atoms with Gasteiger partial charge in [-0.2, -0.15) is 5.10 Å². The molecule has 1 heterocycles. The number of pyridine rings is 1. The molecule has 0 spiro atoms. The number of benzene rings is 2. The van der Waals surface area contributed by atoms with Gasteiger partial charge < -0.3 is 5.32 Å². The predicted octanol–water partition coefficient (Wildman–Crippen LogP) is 3.14. The Morgan fingerprint density at radius 2 is 1.59 bits per heavy atom. The summed E-state index contributed by atoms with van der Waals surface area (Å²) in [7, 11) is 0. The van der Waals surface area contributed by atoms with E-state index in [2.05, 4.69) is 20.8 Å². The molecule has 0 aliphatic heterocycles. The molecule has 0 aliphatic carbocycles. The molecule has 0 saturated carbocycles. The third-order valence-corrected chi connectivity index (χ3v) is 3.80. The van der Waals surface area contributed by atoms with E-state index in [1.54, 1.807) is 54.9 Å². The molecule has 6 nitrogen and oxygen atoms in total. The van der Waals surface area contributed by atoms with Gasteiger partial charge in [-0.3, -0.25) is 14.6 Å². The smallest absolute Gasteiger partial charge is 0.287 e. The van der Waals surface area contributed by atoms with Gasteiger partial charge in [0.25, 0.3) is 11.8 Å². The Balaban J connectivity index is 1.79. The normalized spacial score (nSPS) is 11.3. The average molecular weight is 388 g/mol. The standard InChI is InChI=1S/C22H17FN4O2/c23-19-8-6-16(7-9-19)14-20(26-21(28)18-4-2-1-3-5-18)22(29)27-25-15-17-10-12-24-13-11-17/h1-15H,(H,26,28)(H,27,29)/b20-14-,25-15+. The number of carbonyl (C=O) groups excluding carboxylic acids is 2. The first-order valence-electron chi connectivity index (χ1n) is 8.69. The number of rotatable bonds is 6. The van der Waals surface area contributed by atoms with E-state index in [1.807, 2.05) is 0 Å². The van der Waals surface area contributed by atoms with Crippen molar-refractivity contribution in [1.82, 2.24) is 15.7 Å². The molecule has 144 valence electrons. The second kappa shape index (κ2) is 9.70. The van der Waals surface area contributed by atoms with Gasteiger partial charge in [-0.15, -0.1) is 0 Å². The van der Waals surface area contributed by atoms with Gasteiger partial charge in [0.1, 0.15) is 11.5 Å². The highest BCUT2D eigenvalue weighted by Gasteiger charge is 2.14. The highest BCUT2D eigenvalue weighted by molar-refractivity contribution is 6.05. The van der Waals surface area contributed by atoms with E-state index >= 15 is 0 Å². The topological polar surface area (TPSA) is 83.4 Å². The summed E-state index contributed by atoms with van der Waals surface area (Å²) in [5.41, 5.74) is 4.03. The van der Waals surface area contributed by atoms with Gasteiger partial charge in [0, 0.05) is 18.0 Å².